The van der Waals surface area contributed by atoms with Crippen molar-refractivity contribution in [3.63, 3.8) is 0 Å². The van der Waals surface area contributed by atoms with Crippen LogP contribution in [-0.2, 0) is 32.6 Å². The molecule has 0 aliphatic carbocycles. The highest BCUT2D eigenvalue weighted by atomic mass is 32.2. The maximum Gasteiger partial charge on any atom is 0.244 e. The topological polar surface area (TPSA) is 104 Å². The number of nitrogens with one attached hydrogen (secondary N) is 1. The van der Waals surface area contributed by atoms with Crippen LogP contribution >= 0.6 is 0 Å². The summed E-state index contributed by atoms with van der Waals surface area (Å²) in [6, 6.07) is 24.0. The molecule has 0 spiro atoms. The summed E-state index contributed by atoms with van der Waals surface area (Å²) in [7, 11) is -3.91. The molecule has 3 rings (SSSR count). The van der Waals surface area contributed by atoms with E-state index in [1.165, 1.54) is 17.9 Å². The molecule has 212 valence electrons. The molecule has 0 saturated carbocycles. The zero-order valence-electron chi connectivity index (χ0n) is 23.2. The number of Topliss-reactive ketones (excluding diaryl/α,β-unsaturated/α-hetero) is 1. The fourth-order valence-corrected chi connectivity index (χ4v) is 5.18. The predicted octanol–water partition coefficient (Wildman–Crippen LogP) is 4.21. The van der Waals surface area contributed by atoms with Gasteiger partial charge in [-0.3, -0.25) is 18.7 Å². The molecule has 1 atom stereocenters. The third-order valence-corrected chi connectivity index (χ3v) is 7.66. The maximum absolute atomic E-state index is 14.0. The molecular weight excluding hydrogens is 526 g/mol. The standard InChI is InChI=1S/C31H37N3O5S/c1-4-5-19-32-31(37)29(20-25-13-8-6-9-14-25)33(22-26-15-10-7-11-16-26)30(36)23-34(40(3,38)39)28-18-12-17-27(21-28)24(2)35/h6-18,21,29H,4-5,19-20,22-23H2,1-3H3,(H,32,37)/t29-/m1/s1. The van der Waals surface area contributed by atoms with Gasteiger partial charge in [0, 0.05) is 25.1 Å². The van der Waals surface area contributed by atoms with Crippen LogP contribution in [0.3, 0.4) is 0 Å². The van der Waals surface area contributed by atoms with E-state index in [0.717, 1.165) is 34.5 Å². The van der Waals surface area contributed by atoms with Gasteiger partial charge in [-0.1, -0.05) is 86.1 Å². The molecule has 0 bridgehead atoms. The van der Waals surface area contributed by atoms with E-state index >= 15 is 0 Å². The Bertz CT molecular complexity index is 1390. The van der Waals surface area contributed by atoms with Gasteiger partial charge in [-0.05, 0) is 36.6 Å². The van der Waals surface area contributed by atoms with Crippen LogP contribution in [0.4, 0.5) is 5.69 Å². The highest BCUT2D eigenvalue weighted by Gasteiger charge is 2.33. The highest BCUT2D eigenvalue weighted by Crippen LogP contribution is 2.22. The number of carbonyl (C=O) groups is 3. The number of carbonyl (C=O) groups excluding carboxylic acids is 3. The van der Waals surface area contributed by atoms with Crippen LogP contribution in [0.5, 0.6) is 0 Å². The summed E-state index contributed by atoms with van der Waals surface area (Å²) >= 11 is 0. The molecule has 0 fully saturated rings. The lowest BCUT2D eigenvalue weighted by Crippen LogP contribution is -2.53. The van der Waals surface area contributed by atoms with Crippen molar-refractivity contribution < 1.29 is 22.8 Å². The predicted molar refractivity (Wildman–Crippen MR) is 157 cm³/mol. The number of sulfonamides is 1. The van der Waals surface area contributed by atoms with E-state index in [-0.39, 0.29) is 30.3 Å². The van der Waals surface area contributed by atoms with Crippen molar-refractivity contribution in [2.75, 3.05) is 23.7 Å². The van der Waals surface area contributed by atoms with Gasteiger partial charge in [0.25, 0.3) is 0 Å². The second-order valence-electron chi connectivity index (χ2n) is 9.73. The van der Waals surface area contributed by atoms with Gasteiger partial charge in [0.05, 0.1) is 11.9 Å². The lowest BCUT2D eigenvalue weighted by molar-refractivity contribution is -0.140. The number of anilines is 1. The summed E-state index contributed by atoms with van der Waals surface area (Å²) in [5.41, 5.74) is 2.21. The summed E-state index contributed by atoms with van der Waals surface area (Å²) in [6.07, 6.45) is 2.97. The first-order chi connectivity index (χ1) is 19.1. The first kappa shape index (κ1) is 30.6. The maximum atomic E-state index is 14.0. The largest absolute Gasteiger partial charge is 0.354 e. The van der Waals surface area contributed by atoms with Crippen molar-refractivity contribution in [2.45, 2.75) is 45.7 Å². The number of nitrogens with zero attached hydrogens (tertiary/aromatic N) is 2. The molecule has 2 amide bonds. The summed E-state index contributed by atoms with van der Waals surface area (Å²) in [4.78, 5) is 41.0. The Morgan fingerprint density at radius 1 is 0.875 bits per heavy atom. The molecule has 0 saturated heterocycles. The van der Waals surface area contributed by atoms with Gasteiger partial charge >= 0.3 is 0 Å². The Labute approximate surface area is 237 Å². The minimum absolute atomic E-state index is 0.115. The Hall–Kier alpha value is -3.98. The smallest absolute Gasteiger partial charge is 0.244 e. The molecule has 40 heavy (non-hydrogen) atoms. The van der Waals surface area contributed by atoms with Crippen molar-refractivity contribution in [2.24, 2.45) is 0 Å². The summed E-state index contributed by atoms with van der Waals surface area (Å²) in [5, 5.41) is 2.96. The van der Waals surface area contributed by atoms with E-state index in [2.05, 4.69) is 5.32 Å². The van der Waals surface area contributed by atoms with Crippen molar-refractivity contribution in [1.82, 2.24) is 10.2 Å². The van der Waals surface area contributed by atoms with E-state index in [9.17, 15) is 22.8 Å². The van der Waals surface area contributed by atoms with Crippen molar-refractivity contribution >= 4 is 33.3 Å². The zero-order chi connectivity index (χ0) is 29.1. The van der Waals surface area contributed by atoms with Crippen molar-refractivity contribution in [3.8, 4) is 0 Å². The van der Waals surface area contributed by atoms with Crippen LogP contribution in [0.2, 0.25) is 0 Å². The lowest BCUT2D eigenvalue weighted by atomic mass is 10.0. The lowest BCUT2D eigenvalue weighted by Gasteiger charge is -2.33. The molecule has 0 heterocycles. The Kier molecular flexibility index (Phi) is 11.0. The molecule has 3 aromatic rings. The average molecular weight is 564 g/mol. The fourth-order valence-electron chi connectivity index (χ4n) is 4.33. The van der Waals surface area contributed by atoms with Gasteiger partial charge in [0.2, 0.25) is 21.8 Å². The number of benzene rings is 3. The van der Waals surface area contributed by atoms with Crippen LogP contribution in [0, 0.1) is 0 Å². The monoisotopic (exact) mass is 563 g/mol. The van der Waals surface area contributed by atoms with Gasteiger partial charge in [0.15, 0.2) is 5.78 Å². The molecule has 0 unspecified atom stereocenters. The molecule has 3 aromatic carbocycles. The Morgan fingerprint density at radius 3 is 2.08 bits per heavy atom. The van der Waals surface area contributed by atoms with Gasteiger partial charge < -0.3 is 10.2 Å². The SMILES string of the molecule is CCCCNC(=O)[C@@H](Cc1ccccc1)N(Cc1ccccc1)C(=O)CN(c1cccc(C(C)=O)c1)S(C)(=O)=O. The molecule has 0 radical (unpaired) electrons. The number of unbranched alkanes of at least 4 members (excludes halogenated alkanes) is 1. The molecule has 0 aliphatic rings. The van der Waals surface area contributed by atoms with E-state index in [0.29, 0.717) is 12.1 Å². The van der Waals surface area contributed by atoms with Crippen LogP contribution in [0.1, 0.15) is 48.2 Å². The Balaban J connectivity index is 2.03. The van der Waals surface area contributed by atoms with Crippen LogP contribution < -0.4 is 9.62 Å². The highest BCUT2D eigenvalue weighted by molar-refractivity contribution is 7.92. The van der Waals surface area contributed by atoms with Gasteiger partial charge in [-0.15, -0.1) is 0 Å². The molecule has 0 aliphatic heterocycles. The minimum Gasteiger partial charge on any atom is -0.354 e. The third-order valence-electron chi connectivity index (χ3n) is 6.52. The van der Waals surface area contributed by atoms with Gasteiger partial charge in [-0.2, -0.15) is 0 Å². The second-order valence-corrected chi connectivity index (χ2v) is 11.6. The molecular formula is C31H37N3O5S. The molecule has 1 N–H and O–H groups in total. The van der Waals surface area contributed by atoms with Gasteiger partial charge in [-0.25, -0.2) is 8.42 Å². The zero-order valence-corrected chi connectivity index (χ0v) is 24.1. The number of rotatable bonds is 14. The normalized spacial score (nSPS) is 11.9. The van der Waals surface area contributed by atoms with Crippen molar-refractivity contribution in [1.29, 1.82) is 0 Å². The van der Waals surface area contributed by atoms with E-state index < -0.39 is 28.5 Å². The second kappa shape index (κ2) is 14.4. The summed E-state index contributed by atoms with van der Waals surface area (Å²) < 4.78 is 26.8. The molecule has 9 heteroatoms. The number of hydrogen-bond donors (Lipinski definition) is 1. The number of hydrogen-bond acceptors (Lipinski definition) is 5. The fraction of sp³-hybridized carbons (Fsp3) is 0.323. The van der Waals surface area contributed by atoms with Crippen LogP contribution in [-0.4, -0.2) is 56.3 Å². The molecule has 8 nitrogen and oxygen atoms in total. The molecule has 0 aromatic heterocycles. The van der Waals surface area contributed by atoms with E-state index in [1.807, 2.05) is 67.6 Å². The summed E-state index contributed by atoms with van der Waals surface area (Å²) in [6.45, 7) is 3.48. The Morgan fingerprint density at radius 2 is 1.50 bits per heavy atom. The van der Waals surface area contributed by atoms with E-state index in [4.69, 9.17) is 0 Å². The summed E-state index contributed by atoms with van der Waals surface area (Å²) in [5.74, 6) is -1.06. The van der Waals surface area contributed by atoms with Crippen LogP contribution in [0.15, 0.2) is 84.9 Å². The third kappa shape index (κ3) is 8.77. The number of ketones is 1. The van der Waals surface area contributed by atoms with Crippen LogP contribution in [0.25, 0.3) is 0 Å². The van der Waals surface area contributed by atoms with Gasteiger partial charge in [0.1, 0.15) is 12.6 Å². The van der Waals surface area contributed by atoms with E-state index in [1.54, 1.807) is 18.2 Å². The first-order valence-electron chi connectivity index (χ1n) is 13.3. The first-order valence-corrected chi connectivity index (χ1v) is 15.2. The quantitative estimate of drug-likeness (QED) is 0.234. The van der Waals surface area contributed by atoms with Crippen molar-refractivity contribution in [3.05, 3.63) is 102 Å². The number of amides is 2. The average Bonchev–Trinajstić information content (AvgIpc) is 2.94. The minimum atomic E-state index is -3.91.